The van der Waals surface area contributed by atoms with Crippen LogP contribution >= 0.6 is 23.1 Å². The molecule has 3 aromatic rings. The van der Waals surface area contributed by atoms with E-state index in [1.165, 1.54) is 17.8 Å². The fourth-order valence-corrected chi connectivity index (χ4v) is 3.84. The third-order valence-corrected chi connectivity index (χ3v) is 5.17. The molecule has 0 bridgehead atoms. The van der Waals surface area contributed by atoms with E-state index in [0.29, 0.717) is 5.75 Å². The van der Waals surface area contributed by atoms with Crippen LogP contribution < -0.4 is 0 Å². The lowest BCUT2D eigenvalue weighted by Gasteiger charge is -2.06. The molecule has 3 rings (SSSR count). The van der Waals surface area contributed by atoms with E-state index in [1.54, 1.807) is 23.5 Å². The summed E-state index contributed by atoms with van der Waals surface area (Å²) in [6.45, 7) is 2.83. The number of nitro benzene ring substituents is 1. The number of non-ortho nitro benzene ring substituents is 1. The third-order valence-electron chi connectivity index (χ3n) is 3.26. The number of thiophene rings is 1. The monoisotopic (exact) mass is 346 g/mol. The molecule has 0 atom stereocenters. The zero-order chi connectivity index (χ0) is 16.2. The summed E-state index contributed by atoms with van der Waals surface area (Å²) in [6.07, 6.45) is 0. The van der Waals surface area contributed by atoms with Gasteiger partial charge in [-0.15, -0.1) is 21.5 Å². The van der Waals surface area contributed by atoms with Gasteiger partial charge >= 0.3 is 0 Å². The number of hydrogen-bond donors (Lipinski definition) is 0. The predicted molar refractivity (Wildman–Crippen MR) is 91.7 cm³/mol. The van der Waals surface area contributed by atoms with Gasteiger partial charge in [-0.1, -0.05) is 30.0 Å². The summed E-state index contributed by atoms with van der Waals surface area (Å²) in [6, 6.07) is 10.7. The van der Waals surface area contributed by atoms with E-state index in [4.69, 9.17) is 0 Å². The van der Waals surface area contributed by atoms with Crippen molar-refractivity contribution in [2.45, 2.75) is 24.4 Å². The Labute approximate surface area is 141 Å². The molecule has 0 spiro atoms. The summed E-state index contributed by atoms with van der Waals surface area (Å²) in [5.41, 5.74) is 1.01. The average Bonchev–Trinajstić information content (AvgIpc) is 3.21. The van der Waals surface area contributed by atoms with E-state index >= 15 is 0 Å². The molecule has 0 saturated carbocycles. The van der Waals surface area contributed by atoms with Gasteiger partial charge < -0.3 is 4.57 Å². The Morgan fingerprint density at radius 2 is 2.17 bits per heavy atom. The second kappa shape index (κ2) is 6.93. The van der Waals surface area contributed by atoms with Gasteiger partial charge in [-0.3, -0.25) is 10.1 Å². The Bertz CT molecular complexity index is 815. The van der Waals surface area contributed by atoms with Crippen LogP contribution in [0.4, 0.5) is 5.69 Å². The molecule has 6 nitrogen and oxygen atoms in total. The number of nitro groups is 1. The molecular formula is C15H14N4O2S2. The lowest BCUT2D eigenvalue weighted by molar-refractivity contribution is -0.384. The van der Waals surface area contributed by atoms with Gasteiger partial charge in [-0.25, -0.2) is 0 Å². The molecule has 2 aromatic heterocycles. The van der Waals surface area contributed by atoms with Crippen LogP contribution in [-0.4, -0.2) is 19.7 Å². The van der Waals surface area contributed by atoms with Gasteiger partial charge in [-0.05, 0) is 23.9 Å². The molecule has 1 aromatic carbocycles. The van der Waals surface area contributed by atoms with Gasteiger partial charge in [0.05, 0.1) is 9.80 Å². The molecule has 0 fully saturated rings. The Balaban J connectivity index is 1.79. The normalized spacial score (nSPS) is 10.8. The van der Waals surface area contributed by atoms with Crippen LogP contribution in [0.5, 0.6) is 0 Å². The fraction of sp³-hybridized carbons (Fsp3) is 0.200. The summed E-state index contributed by atoms with van der Waals surface area (Å²) in [5.74, 6) is 1.48. The fourth-order valence-electron chi connectivity index (χ4n) is 2.18. The lowest BCUT2D eigenvalue weighted by atomic mass is 10.2. The van der Waals surface area contributed by atoms with Crippen molar-refractivity contribution >= 4 is 28.8 Å². The molecule has 0 unspecified atom stereocenters. The van der Waals surface area contributed by atoms with E-state index in [9.17, 15) is 10.1 Å². The number of hydrogen-bond acceptors (Lipinski definition) is 6. The highest BCUT2D eigenvalue weighted by Crippen LogP contribution is 2.29. The van der Waals surface area contributed by atoms with E-state index in [0.717, 1.165) is 28.0 Å². The summed E-state index contributed by atoms with van der Waals surface area (Å²) in [7, 11) is 0. The van der Waals surface area contributed by atoms with Crippen LogP contribution in [0.2, 0.25) is 0 Å². The Morgan fingerprint density at radius 3 is 2.87 bits per heavy atom. The molecule has 0 saturated heterocycles. The van der Waals surface area contributed by atoms with Crippen LogP contribution in [0.15, 0.2) is 46.9 Å². The van der Waals surface area contributed by atoms with E-state index in [-0.39, 0.29) is 10.6 Å². The molecule has 0 radical (unpaired) electrons. The maximum absolute atomic E-state index is 10.8. The smallest absolute Gasteiger partial charge is 0.269 e. The van der Waals surface area contributed by atoms with Crippen molar-refractivity contribution in [1.29, 1.82) is 0 Å². The quantitative estimate of drug-likeness (QED) is 0.379. The van der Waals surface area contributed by atoms with E-state index < -0.39 is 0 Å². The summed E-state index contributed by atoms with van der Waals surface area (Å²) < 4.78 is 2.06. The largest absolute Gasteiger partial charge is 0.302 e. The highest BCUT2D eigenvalue weighted by molar-refractivity contribution is 7.98. The van der Waals surface area contributed by atoms with Crippen LogP contribution in [0.3, 0.4) is 0 Å². The molecule has 0 amide bonds. The molecular weight excluding hydrogens is 332 g/mol. The van der Waals surface area contributed by atoms with Gasteiger partial charge in [0, 0.05) is 24.4 Å². The molecule has 23 heavy (non-hydrogen) atoms. The van der Waals surface area contributed by atoms with Crippen molar-refractivity contribution in [3.05, 3.63) is 57.5 Å². The SMILES string of the molecule is CCn1c(SCc2cccc([N+](=O)[O-])c2)nnc1-c1cccs1. The maximum Gasteiger partial charge on any atom is 0.269 e. The van der Waals surface area contributed by atoms with Gasteiger partial charge in [0.1, 0.15) is 0 Å². The van der Waals surface area contributed by atoms with E-state index in [2.05, 4.69) is 21.7 Å². The zero-order valence-electron chi connectivity index (χ0n) is 12.4. The maximum atomic E-state index is 10.8. The number of nitrogens with zero attached hydrogens (tertiary/aromatic N) is 4. The van der Waals surface area contributed by atoms with Crippen molar-refractivity contribution in [2.24, 2.45) is 0 Å². The average molecular weight is 346 g/mol. The Kier molecular flexibility index (Phi) is 4.73. The summed E-state index contributed by atoms with van der Waals surface area (Å²) >= 11 is 3.17. The lowest BCUT2D eigenvalue weighted by Crippen LogP contribution is -1.99. The molecule has 0 aliphatic rings. The minimum absolute atomic E-state index is 0.110. The van der Waals surface area contributed by atoms with Crippen molar-refractivity contribution in [1.82, 2.24) is 14.8 Å². The van der Waals surface area contributed by atoms with E-state index in [1.807, 2.05) is 23.6 Å². The van der Waals surface area contributed by atoms with Crippen molar-refractivity contribution < 1.29 is 4.92 Å². The Morgan fingerprint density at radius 1 is 1.30 bits per heavy atom. The number of benzene rings is 1. The molecule has 0 aliphatic carbocycles. The molecule has 2 heterocycles. The third kappa shape index (κ3) is 3.43. The summed E-state index contributed by atoms with van der Waals surface area (Å²) in [4.78, 5) is 11.5. The highest BCUT2D eigenvalue weighted by Gasteiger charge is 2.14. The first kappa shape index (κ1) is 15.7. The first-order valence-corrected chi connectivity index (χ1v) is 8.88. The van der Waals surface area contributed by atoms with Crippen LogP contribution in [-0.2, 0) is 12.3 Å². The van der Waals surface area contributed by atoms with Gasteiger partial charge in [-0.2, -0.15) is 0 Å². The second-order valence-corrected chi connectivity index (χ2v) is 6.63. The van der Waals surface area contributed by atoms with Crippen LogP contribution in [0.25, 0.3) is 10.7 Å². The first-order chi connectivity index (χ1) is 11.2. The second-order valence-electron chi connectivity index (χ2n) is 4.74. The van der Waals surface area contributed by atoms with Crippen molar-refractivity contribution in [2.75, 3.05) is 0 Å². The topological polar surface area (TPSA) is 73.8 Å². The Hall–Kier alpha value is -2.19. The van der Waals surface area contributed by atoms with Crippen molar-refractivity contribution in [3.8, 4) is 10.7 Å². The van der Waals surface area contributed by atoms with Gasteiger partial charge in [0.25, 0.3) is 5.69 Å². The molecule has 118 valence electrons. The minimum Gasteiger partial charge on any atom is -0.302 e. The molecule has 0 aliphatic heterocycles. The number of rotatable bonds is 6. The van der Waals surface area contributed by atoms with Gasteiger partial charge in [0.15, 0.2) is 11.0 Å². The van der Waals surface area contributed by atoms with Gasteiger partial charge in [0.2, 0.25) is 0 Å². The predicted octanol–water partition coefficient (Wildman–Crippen LogP) is 4.23. The number of thioether (sulfide) groups is 1. The first-order valence-electron chi connectivity index (χ1n) is 7.02. The van der Waals surface area contributed by atoms with Crippen LogP contribution in [0, 0.1) is 10.1 Å². The highest BCUT2D eigenvalue weighted by atomic mass is 32.2. The molecule has 0 N–H and O–H groups in total. The van der Waals surface area contributed by atoms with Crippen molar-refractivity contribution in [3.63, 3.8) is 0 Å². The summed E-state index contributed by atoms with van der Waals surface area (Å²) in [5, 5.41) is 22.2. The van der Waals surface area contributed by atoms with Crippen LogP contribution in [0.1, 0.15) is 12.5 Å². The zero-order valence-corrected chi connectivity index (χ0v) is 14.0. The minimum atomic E-state index is -0.377. The number of aromatic nitrogens is 3. The standard InChI is InChI=1S/C15H14N4O2S2/c1-2-18-14(13-7-4-8-22-13)16-17-15(18)23-10-11-5-3-6-12(9-11)19(20)21/h3-9H,2,10H2,1H3. The molecule has 8 heteroatoms.